The summed E-state index contributed by atoms with van der Waals surface area (Å²) in [5.74, 6) is 0.282. The topological polar surface area (TPSA) is 84.6 Å². The summed E-state index contributed by atoms with van der Waals surface area (Å²) in [5, 5.41) is 17.9. The molecule has 0 spiro atoms. The van der Waals surface area contributed by atoms with E-state index in [1.165, 1.54) is 12.3 Å². The van der Waals surface area contributed by atoms with Gasteiger partial charge < -0.3 is 15.2 Å². The number of aromatic nitrogens is 4. The van der Waals surface area contributed by atoms with Gasteiger partial charge >= 0.3 is 0 Å². The van der Waals surface area contributed by atoms with Crippen molar-refractivity contribution in [2.24, 2.45) is 0 Å². The molecule has 3 aromatic heterocycles. The van der Waals surface area contributed by atoms with Gasteiger partial charge in [-0.3, -0.25) is 0 Å². The zero-order valence-corrected chi connectivity index (χ0v) is 16.7. The molecule has 1 saturated carbocycles. The summed E-state index contributed by atoms with van der Waals surface area (Å²) in [6.45, 7) is 2.54. The Labute approximate surface area is 169 Å². The standard InChI is InChI=1S/C21H26FN5O2/c1-13(12-29-2)25-21-24-11-19-17(15-7-8-23-20(22)9-15)10-18(27(19)26-21)14-3-5-16(28)6-4-14/h7-11,13-14,16,28H,3-6,12H2,1-2H3,(H,25,26). The summed E-state index contributed by atoms with van der Waals surface area (Å²) in [4.78, 5) is 8.12. The molecule has 1 atom stereocenters. The number of ether oxygens (including phenoxy) is 1. The molecule has 4 rings (SSSR count). The number of halogens is 1. The van der Waals surface area contributed by atoms with Crippen LogP contribution >= 0.6 is 0 Å². The maximum Gasteiger partial charge on any atom is 0.241 e. The molecule has 0 saturated heterocycles. The number of aliphatic hydroxyl groups excluding tert-OH is 1. The van der Waals surface area contributed by atoms with Crippen LogP contribution in [0.3, 0.4) is 0 Å². The van der Waals surface area contributed by atoms with E-state index in [-0.39, 0.29) is 18.1 Å². The Hall–Kier alpha value is -2.58. The number of hydrogen-bond donors (Lipinski definition) is 2. The third-order valence-electron chi connectivity index (χ3n) is 5.49. The van der Waals surface area contributed by atoms with Crippen molar-refractivity contribution < 1.29 is 14.2 Å². The Morgan fingerprint density at radius 3 is 2.79 bits per heavy atom. The molecule has 0 radical (unpaired) electrons. The molecular weight excluding hydrogens is 373 g/mol. The number of fused-ring (bicyclic) bond motifs is 1. The predicted molar refractivity (Wildman–Crippen MR) is 108 cm³/mol. The Morgan fingerprint density at radius 1 is 1.28 bits per heavy atom. The zero-order chi connectivity index (χ0) is 20.4. The molecule has 7 nitrogen and oxygen atoms in total. The van der Waals surface area contributed by atoms with Crippen LogP contribution in [-0.4, -0.2) is 50.6 Å². The van der Waals surface area contributed by atoms with Crippen LogP contribution in [0.25, 0.3) is 16.6 Å². The molecule has 1 aliphatic carbocycles. The average molecular weight is 399 g/mol. The van der Waals surface area contributed by atoms with Crippen LogP contribution in [0.2, 0.25) is 0 Å². The second kappa shape index (κ2) is 8.42. The fourth-order valence-electron chi connectivity index (χ4n) is 4.06. The first kappa shape index (κ1) is 19.7. The molecule has 154 valence electrons. The van der Waals surface area contributed by atoms with Crippen LogP contribution < -0.4 is 5.32 Å². The van der Waals surface area contributed by atoms with E-state index in [4.69, 9.17) is 9.84 Å². The van der Waals surface area contributed by atoms with E-state index in [0.29, 0.717) is 12.6 Å². The number of aliphatic hydroxyl groups is 1. The van der Waals surface area contributed by atoms with E-state index >= 15 is 0 Å². The third-order valence-corrected chi connectivity index (χ3v) is 5.49. The highest BCUT2D eigenvalue weighted by molar-refractivity contribution is 5.81. The summed E-state index contributed by atoms with van der Waals surface area (Å²) in [6.07, 6.45) is 6.34. The first-order valence-corrected chi connectivity index (χ1v) is 9.99. The van der Waals surface area contributed by atoms with Gasteiger partial charge in [-0.05, 0) is 50.3 Å². The molecule has 1 unspecified atom stereocenters. The van der Waals surface area contributed by atoms with E-state index < -0.39 is 5.95 Å². The molecule has 3 heterocycles. The van der Waals surface area contributed by atoms with Crippen molar-refractivity contribution in [2.45, 2.75) is 50.7 Å². The average Bonchev–Trinajstić information content (AvgIpc) is 3.08. The maximum absolute atomic E-state index is 13.7. The van der Waals surface area contributed by atoms with Crippen molar-refractivity contribution in [3.8, 4) is 11.1 Å². The minimum Gasteiger partial charge on any atom is -0.393 e. The Balaban J connectivity index is 1.78. The van der Waals surface area contributed by atoms with Crippen LogP contribution in [-0.2, 0) is 4.74 Å². The van der Waals surface area contributed by atoms with Gasteiger partial charge in [0, 0.05) is 42.6 Å². The van der Waals surface area contributed by atoms with Crippen molar-refractivity contribution in [3.63, 3.8) is 0 Å². The van der Waals surface area contributed by atoms with Crippen molar-refractivity contribution in [3.05, 3.63) is 42.2 Å². The first-order chi connectivity index (χ1) is 14.0. The van der Waals surface area contributed by atoms with Crippen LogP contribution in [0.15, 0.2) is 30.6 Å². The molecule has 0 aromatic carbocycles. The minimum absolute atomic E-state index is 0.0649. The Morgan fingerprint density at radius 2 is 2.07 bits per heavy atom. The molecule has 2 N–H and O–H groups in total. The lowest BCUT2D eigenvalue weighted by atomic mass is 9.85. The SMILES string of the molecule is COCC(C)Nc1ncc2c(-c3ccnc(F)c3)cc(C3CCC(O)CC3)n2n1. The number of nitrogens with zero attached hydrogens (tertiary/aromatic N) is 4. The van der Waals surface area contributed by atoms with Gasteiger partial charge in [-0.2, -0.15) is 4.39 Å². The summed E-state index contributed by atoms with van der Waals surface area (Å²) in [7, 11) is 1.66. The van der Waals surface area contributed by atoms with Gasteiger partial charge in [-0.25, -0.2) is 14.5 Å². The van der Waals surface area contributed by atoms with Gasteiger partial charge in [0.1, 0.15) is 0 Å². The van der Waals surface area contributed by atoms with Gasteiger partial charge in [-0.1, -0.05) is 0 Å². The third kappa shape index (κ3) is 4.23. The van der Waals surface area contributed by atoms with Gasteiger partial charge in [0.15, 0.2) is 0 Å². The second-order valence-electron chi connectivity index (χ2n) is 7.74. The number of nitrogens with one attached hydrogen (secondary N) is 1. The van der Waals surface area contributed by atoms with Gasteiger partial charge in [0.25, 0.3) is 0 Å². The summed E-state index contributed by atoms with van der Waals surface area (Å²) in [5.41, 5.74) is 3.50. The molecule has 0 amide bonds. The summed E-state index contributed by atoms with van der Waals surface area (Å²) >= 11 is 0. The lowest BCUT2D eigenvalue weighted by molar-refractivity contribution is 0.121. The fourth-order valence-corrected chi connectivity index (χ4v) is 4.06. The number of pyridine rings is 1. The van der Waals surface area contributed by atoms with Gasteiger partial charge in [0.05, 0.1) is 24.4 Å². The number of methoxy groups -OCH3 is 1. The van der Waals surface area contributed by atoms with E-state index in [2.05, 4.69) is 21.4 Å². The maximum atomic E-state index is 13.7. The normalized spacial score (nSPS) is 20.7. The van der Waals surface area contributed by atoms with Crippen molar-refractivity contribution in [1.29, 1.82) is 0 Å². The predicted octanol–water partition coefficient (Wildman–Crippen LogP) is 3.40. The van der Waals surface area contributed by atoms with Crippen LogP contribution in [0.5, 0.6) is 0 Å². The van der Waals surface area contributed by atoms with Gasteiger partial charge in [0.2, 0.25) is 11.9 Å². The Kier molecular flexibility index (Phi) is 5.73. The number of rotatable bonds is 6. The first-order valence-electron chi connectivity index (χ1n) is 9.99. The summed E-state index contributed by atoms with van der Waals surface area (Å²) < 4.78 is 20.8. The lowest BCUT2D eigenvalue weighted by Gasteiger charge is -2.25. The summed E-state index contributed by atoms with van der Waals surface area (Å²) in [6, 6.07) is 5.36. The molecular formula is C21H26FN5O2. The highest BCUT2D eigenvalue weighted by atomic mass is 19.1. The van der Waals surface area contributed by atoms with Crippen molar-refractivity contribution in [1.82, 2.24) is 19.6 Å². The van der Waals surface area contributed by atoms with E-state index in [9.17, 15) is 9.50 Å². The number of hydrogen-bond acceptors (Lipinski definition) is 6. The van der Waals surface area contributed by atoms with E-state index in [1.807, 2.05) is 11.4 Å². The molecule has 3 aromatic rings. The van der Waals surface area contributed by atoms with Crippen molar-refractivity contribution in [2.75, 3.05) is 19.0 Å². The largest absolute Gasteiger partial charge is 0.393 e. The molecule has 1 aliphatic rings. The number of anilines is 1. The van der Waals surface area contributed by atoms with E-state index in [0.717, 1.165) is 48.0 Å². The quantitative estimate of drug-likeness (QED) is 0.618. The lowest BCUT2D eigenvalue weighted by Crippen LogP contribution is -2.23. The molecule has 8 heteroatoms. The molecule has 29 heavy (non-hydrogen) atoms. The van der Waals surface area contributed by atoms with Crippen LogP contribution in [0, 0.1) is 5.95 Å². The second-order valence-corrected chi connectivity index (χ2v) is 7.74. The highest BCUT2D eigenvalue weighted by Crippen LogP contribution is 2.37. The highest BCUT2D eigenvalue weighted by Gasteiger charge is 2.25. The monoisotopic (exact) mass is 399 g/mol. The van der Waals surface area contributed by atoms with Crippen LogP contribution in [0.1, 0.15) is 44.2 Å². The Bertz CT molecular complexity index is 984. The fraction of sp³-hybridized carbons (Fsp3) is 0.476. The van der Waals surface area contributed by atoms with Gasteiger partial charge in [-0.15, -0.1) is 5.10 Å². The molecule has 1 fully saturated rings. The van der Waals surface area contributed by atoms with Crippen molar-refractivity contribution >= 4 is 11.5 Å². The zero-order valence-electron chi connectivity index (χ0n) is 16.7. The van der Waals surface area contributed by atoms with Crippen LogP contribution in [0.4, 0.5) is 10.3 Å². The van der Waals surface area contributed by atoms with E-state index in [1.54, 1.807) is 19.4 Å². The smallest absolute Gasteiger partial charge is 0.241 e. The minimum atomic E-state index is -0.517. The molecule has 0 bridgehead atoms. The molecule has 0 aliphatic heterocycles.